The van der Waals surface area contributed by atoms with Gasteiger partial charge in [-0.1, -0.05) is 23.2 Å². The van der Waals surface area contributed by atoms with Gasteiger partial charge in [0.05, 0.1) is 34.5 Å². The highest BCUT2D eigenvalue weighted by Gasteiger charge is 2.34. The number of rotatable bonds is 2. The first-order valence-corrected chi connectivity index (χ1v) is 6.96. The smallest absolute Gasteiger partial charge is 0.322 e. The Hall–Kier alpha value is -1.92. The topological polar surface area (TPSA) is 70.4 Å². The molecule has 0 spiro atoms. The number of nitrogens with zero attached hydrogens (tertiary/aromatic N) is 3. The number of nitrogens with one attached hydrogen (secondary N) is 1. The Labute approximate surface area is 130 Å². The molecule has 1 fully saturated rings. The van der Waals surface area contributed by atoms with Crippen LogP contribution in [0, 0.1) is 0 Å². The first-order chi connectivity index (χ1) is 9.97. The van der Waals surface area contributed by atoms with Crippen molar-refractivity contribution in [1.82, 2.24) is 15.1 Å². The lowest BCUT2D eigenvalue weighted by Gasteiger charge is -2.15. The molecule has 3 rings (SSSR count). The number of carbonyl (C=O) groups is 1. The normalized spacial score (nSPS) is 18.1. The number of aromatic hydroxyl groups is 1. The number of hydrogen-bond acceptors (Lipinski definition) is 3. The van der Waals surface area contributed by atoms with Crippen LogP contribution in [0.4, 0.5) is 10.5 Å². The molecule has 2 amide bonds. The van der Waals surface area contributed by atoms with Crippen LogP contribution in [0.1, 0.15) is 11.6 Å². The summed E-state index contributed by atoms with van der Waals surface area (Å²) < 4.78 is 1.61. The van der Waals surface area contributed by atoms with Gasteiger partial charge in [0.1, 0.15) is 5.75 Å². The number of phenolic OH excluding ortho intramolecular Hbond substituents is 1. The van der Waals surface area contributed by atoms with Crippen LogP contribution in [0.3, 0.4) is 0 Å². The molecule has 2 aromatic rings. The van der Waals surface area contributed by atoms with Crippen LogP contribution < -0.4 is 10.2 Å². The molecule has 1 aromatic carbocycles. The highest BCUT2D eigenvalue weighted by atomic mass is 35.5. The number of anilines is 1. The summed E-state index contributed by atoms with van der Waals surface area (Å²) in [6, 6.07) is 2.26. The number of aromatic nitrogens is 2. The third kappa shape index (κ3) is 2.41. The van der Waals surface area contributed by atoms with E-state index in [1.807, 2.05) is 0 Å². The van der Waals surface area contributed by atoms with Crippen LogP contribution in [0.2, 0.25) is 10.0 Å². The van der Waals surface area contributed by atoms with E-state index in [2.05, 4.69) is 10.4 Å². The van der Waals surface area contributed by atoms with Crippen LogP contribution in [-0.4, -0.2) is 27.5 Å². The van der Waals surface area contributed by atoms with Gasteiger partial charge in [-0.3, -0.25) is 9.58 Å². The molecule has 1 aliphatic heterocycles. The molecular weight excluding hydrogens is 315 g/mol. The lowest BCUT2D eigenvalue weighted by atomic mass is 10.1. The molecular formula is C13H12Cl2N4O2. The fourth-order valence-electron chi connectivity index (χ4n) is 2.36. The summed E-state index contributed by atoms with van der Waals surface area (Å²) in [6.45, 7) is 0.331. The SMILES string of the molecule is Cn1cc(N2CC(c3c(O)ccc(Cl)c3Cl)NC2=O)cn1. The Morgan fingerprint density at radius 3 is 2.86 bits per heavy atom. The van der Waals surface area contributed by atoms with Gasteiger partial charge >= 0.3 is 6.03 Å². The minimum Gasteiger partial charge on any atom is -0.508 e. The van der Waals surface area contributed by atoms with E-state index < -0.39 is 6.04 Å². The van der Waals surface area contributed by atoms with Crippen molar-refractivity contribution < 1.29 is 9.90 Å². The molecule has 0 radical (unpaired) electrons. The Morgan fingerprint density at radius 1 is 1.43 bits per heavy atom. The third-order valence-corrected chi connectivity index (χ3v) is 4.19. The molecule has 21 heavy (non-hydrogen) atoms. The number of benzene rings is 1. The van der Waals surface area contributed by atoms with Gasteiger partial charge in [-0.25, -0.2) is 4.79 Å². The number of phenols is 1. The van der Waals surface area contributed by atoms with E-state index in [0.29, 0.717) is 22.8 Å². The van der Waals surface area contributed by atoms with E-state index in [1.165, 1.54) is 17.0 Å². The van der Waals surface area contributed by atoms with Gasteiger partial charge < -0.3 is 10.4 Å². The molecule has 1 atom stereocenters. The van der Waals surface area contributed by atoms with Gasteiger partial charge in [0.2, 0.25) is 0 Å². The summed E-state index contributed by atoms with van der Waals surface area (Å²) in [5, 5.41) is 17.4. The van der Waals surface area contributed by atoms with Crippen LogP contribution in [-0.2, 0) is 7.05 Å². The van der Waals surface area contributed by atoms with E-state index in [0.717, 1.165) is 0 Å². The average Bonchev–Trinajstić information content (AvgIpc) is 3.01. The van der Waals surface area contributed by atoms with Crippen molar-refractivity contribution in [2.45, 2.75) is 6.04 Å². The molecule has 110 valence electrons. The molecule has 6 nitrogen and oxygen atoms in total. The summed E-state index contributed by atoms with van der Waals surface area (Å²) in [4.78, 5) is 13.6. The van der Waals surface area contributed by atoms with Crippen molar-refractivity contribution in [2.24, 2.45) is 7.05 Å². The predicted molar refractivity (Wildman–Crippen MR) is 80.0 cm³/mol. The molecule has 1 aromatic heterocycles. The maximum absolute atomic E-state index is 12.1. The fourth-order valence-corrected chi connectivity index (χ4v) is 2.82. The van der Waals surface area contributed by atoms with Crippen molar-refractivity contribution in [3.05, 3.63) is 40.1 Å². The molecule has 1 aliphatic rings. The summed E-state index contributed by atoms with van der Waals surface area (Å²) in [6.07, 6.45) is 3.34. The number of urea groups is 1. The van der Waals surface area contributed by atoms with Crippen LogP contribution in [0.15, 0.2) is 24.5 Å². The van der Waals surface area contributed by atoms with E-state index in [9.17, 15) is 9.90 Å². The monoisotopic (exact) mass is 326 g/mol. The van der Waals surface area contributed by atoms with Gasteiger partial charge in [-0.15, -0.1) is 0 Å². The largest absolute Gasteiger partial charge is 0.508 e. The molecule has 2 heterocycles. The van der Waals surface area contributed by atoms with Gasteiger partial charge in [-0.2, -0.15) is 5.10 Å². The van der Waals surface area contributed by atoms with Gasteiger partial charge in [0.25, 0.3) is 0 Å². The standard InChI is InChI=1S/C13H12Cl2N4O2/c1-18-5-7(4-16-18)19-6-9(17-13(19)21)11-10(20)3-2-8(14)12(11)15/h2-5,9,20H,6H2,1H3,(H,17,21). The number of carbonyl (C=O) groups excluding carboxylic acids is 1. The number of amides is 2. The maximum Gasteiger partial charge on any atom is 0.322 e. The lowest BCUT2D eigenvalue weighted by Crippen LogP contribution is -2.27. The Balaban J connectivity index is 1.93. The second kappa shape index (κ2) is 5.13. The number of halogens is 2. The zero-order valence-electron chi connectivity index (χ0n) is 11.0. The second-order valence-corrected chi connectivity index (χ2v) is 5.56. The molecule has 0 bridgehead atoms. The minimum absolute atomic E-state index is 0.00253. The van der Waals surface area contributed by atoms with Crippen LogP contribution in [0.25, 0.3) is 0 Å². The first kappa shape index (κ1) is 14.0. The van der Waals surface area contributed by atoms with Crippen LogP contribution >= 0.6 is 23.2 Å². The van der Waals surface area contributed by atoms with Crippen molar-refractivity contribution in [3.8, 4) is 5.75 Å². The average molecular weight is 327 g/mol. The second-order valence-electron chi connectivity index (χ2n) is 4.78. The van der Waals surface area contributed by atoms with Crippen molar-refractivity contribution in [2.75, 3.05) is 11.4 Å². The van der Waals surface area contributed by atoms with E-state index in [1.54, 1.807) is 24.1 Å². The van der Waals surface area contributed by atoms with Crippen molar-refractivity contribution in [1.29, 1.82) is 0 Å². The molecule has 2 N–H and O–H groups in total. The highest BCUT2D eigenvalue weighted by molar-refractivity contribution is 6.42. The molecule has 1 saturated heterocycles. The Morgan fingerprint density at radius 2 is 2.19 bits per heavy atom. The molecule has 1 unspecified atom stereocenters. The summed E-state index contributed by atoms with van der Waals surface area (Å²) in [7, 11) is 1.77. The molecule has 0 saturated carbocycles. The summed E-state index contributed by atoms with van der Waals surface area (Å²) in [5.41, 5.74) is 1.10. The maximum atomic E-state index is 12.1. The van der Waals surface area contributed by atoms with Gasteiger partial charge in [-0.05, 0) is 12.1 Å². The third-order valence-electron chi connectivity index (χ3n) is 3.37. The van der Waals surface area contributed by atoms with E-state index >= 15 is 0 Å². The minimum atomic E-state index is -0.441. The van der Waals surface area contributed by atoms with Gasteiger partial charge in [0, 0.05) is 18.8 Å². The lowest BCUT2D eigenvalue weighted by molar-refractivity contribution is 0.251. The van der Waals surface area contributed by atoms with Crippen LogP contribution in [0.5, 0.6) is 5.75 Å². The Bertz CT molecular complexity index is 716. The van der Waals surface area contributed by atoms with E-state index in [-0.39, 0.29) is 16.8 Å². The van der Waals surface area contributed by atoms with Crippen molar-refractivity contribution >= 4 is 34.9 Å². The molecule has 0 aliphatic carbocycles. The van der Waals surface area contributed by atoms with Gasteiger partial charge in [0.15, 0.2) is 0 Å². The zero-order chi connectivity index (χ0) is 15.1. The summed E-state index contributed by atoms with van der Waals surface area (Å²) in [5.74, 6) is 0.00253. The molecule has 8 heteroatoms. The predicted octanol–water partition coefficient (Wildman–Crippen LogP) is 2.70. The number of aryl methyl sites for hydroxylation is 1. The zero-order valence-corrected chi connectivity index (χ0v) is 12.6. The Kier molecular flexibility index (Phi) is 3.43. The quantitative estimate of drug-likeness (QED) is 0.891. The summed E-state index contributed by atoms with van der Waals surface area (Å²) >= 11 is 12.1. The van der Waals surface area contributed by atoms with Crippen molar-refractivity contribution in [3.63, 3.8) is 0 Å². The first-order valence-electron chi connectivity index (χ1n) is 6.21. The van der Waals surface area contributed by atoms with E-state index in [4.69, 9.17) is 23.2 Å². The highest BCUT2D eigenvalue weighted by Crippen LogP contribution is 2.38. The fraction of sp³-hybridized carbons (Fsp3) is 0.231. The number of hydrogen-bond donors (Lipinski definition) is 2.